The van der Waals surface area contributed by atoms with Crippen molar-refractivity contribution in [2.75, 3.05) is 6.54 Å². The molecule has 1 N–H and O–H groups in total. The predicted octanol–water partition coefficient (Wildman–Crippen LogP) is 1.60. The molecule has 100 valence electrons. The molecule has 2 heterocycles. The first-order valence-corrected chi connectivity index (χ1v) is 6.36. The molecule has 0 spiro atoms. The Morgan fingerprint density at radius 1 is 1.56 bits per heavy atom. The third kappa shape index (κ3) is 2.12. The second kappa shape index (κ2) is 5.06. The van der Waals surface area contributed by atoms with Crippen LogP contribution in [0, 0.1) is 6.92 Å². The molecule has 6 heteroatoms. The standard InChI is InChI=1S/C12H19N3O3/c1-3-5-12(11(16)17)6-4-7-15(12)8-10-9(2)13-18-14-10/h3-8H2,1-2H3,(H,16,17). The molecule has 1 aliphatic rings. The highest BCUT2D eigenvalue weighted by atomic mass is 16.6. The monoisotopic (exact) mass is 253 g/mol. The number of carbonyl (C=O) groups is 1. The number of hydrogen-bond donors (Lipinski definition) is 1. The van der Waals surface area contributed by atoms with Crippen molar-refractivity contribution in [3.05, 3.63) is 11.4 Å². The second-order valence-electron chi connectivity index (χ2n) is 4.91. The summed E-state index contributed by atoms with van der Waals surface area (Å²) in [5.41, 5.74) is 0.733. The van der Waals surface area contributed by atoms with E-state index in [0.29, 0.717) is 19.4 Å². The van der Waals surface area contributed by atoms with Crippen LogP contribution in [0.1, 0.15) is 44.0 Å². The van der Waals surface area contributed by atoms with Crippen molar-refractivity contribution in [2.24, 2.45) is 0 Å². The average Bonchev–Trinajstić information content (AvgIpc) is 2.89. The topological polar surface area (TPSA) is 79.5 Å². The van der Waals surface area contributed by atoms with Crippen LogP contribution in [0.4, 0.5) is 0 Å². The SMILES string of the molecule is CCCC1(C(=O)O)CCCN1Cc1nonc1C. The van der Waals surface area contributed by atoms with Crippen LogP contribution < -0.4 is 0 Å². The average molecular weight is 253 g/mol. The van der Waals surface area contributed by atoms with Crippen molar-refractivity contribution in [3.63, 3.8) is 0 Å². The zero-order valence-electron chi connectivity index (χ0n) is 10.8. The van der Waals surface area contributed by atoms with Crippen LogP contribution in [-0.4, -0.2) is 38.4 Å². The van der Waals surface area contributed by atoms with Gasteiger partial charge in [0.1, 0.15) is 16.9 Å². The summed E-state index contributed by atoms with van der Waals surface area (Å²) >= 11 is 0. The fraction of sp³-hybridized carbons (Fsp3) is 0.750. The van der Waals surface area contributed by atoms with Gasteiger partial charge in [-0.05, 0) is 32.7 Å². The number of nitrogens with zero attached hydrogens (tertiary/aromatic N) is 3. The Morgan fingerprint density at radius 3 is 2.89 bits per heavy atom. The van der Waals surface area contributed by atoms with E-state index in [9.17, 15) is 9.90 Å². The van der Waals surface area contributed by atoms with Gasteiger partial charge >= 0.3 is 5.97 Å². The molecule has 0 saturated carbocycles. The zero-order chi connectivity index (χ0) is 13.2. The predicted molar refractivity (Wildman–Crippen MR) is 64.0 cm³/mol. The minimum Gasteiger partial charge on any atom is -0.480 e. The molecule has 1 aromatic rings. The van der Waals surface area contributed by atoms with Crippen LogP contribution in [0.3, 0.4) is 0 Å². The van der Waals surface area contributed by atoms with Crippen LogP contribution in [0.25, 0.3) is 0 Å². The highest BCUT2D eigenvalue weighted by Gasteiger charge is 2.47. The molecular weight excluding hydrogens is 234 g/mol. The summed E-state index contributed by atoms with van der Waals surface area (Å²) in [6, 6.07) is 0. The lowest BCUT2D eigenvalue weighted by molar-refractivity contribution is -0.150. The highest BCUT2D eigenvalue weighted by molar-refractivity contribution is 5.79. The van der Waals surface area contributed by atoms with E-state index in [1.165, 1.54) is 0 Å². The molecule has 1 unspecified atom stereocenters. The first kappa shape index (κ1) is 13.0. The maximum Gasteiger partial charge on any atom is 0.324 e. The first-order valence-electron chi connectivity index (χ1n) is 6.36. The number of aryl methyl sites for hydroxylation is 1. The van der Waals surface area contributed by atoms with Gasteiger partial charge in [-0.25, -0.2) is 4.63 Å². The van der Waals surface area contributed by atoms with Gasteiger partial charge in [0.2, 0.25) is 0 Å². The van der Waals surface area contributed by atoms with E-state index in [1.54, 1.807) is 0 Å². The molecule has 1 atom stereocenters. The minimum atomic E-state index is -0.736. The van der Waals surface area contributed by atoms with Gasteiger partial charge < -0.3 is 5.11 Å². The lowest BCUT2D eigenvalue weighted by Crippen LogP contribution is -2.50. The third-order valence-corrected chi connectivity index (χ3v) is 3.77. The highest BCUT2D eigenvalue weighted by Crippen LogP contribution is 2.35. The third-order valence-electron chi connectivity index (χ3n) is 3.77. The van der Waals surface area contributed by atoms with Gasteiger partial charge in [0.15, 0.2) is 0 Å². The van der Waals surface area contributed by atoms with Gasteiger partial charge in [-0.1, -0.05) is 23.7 Å². The van der Waals surface area contributed by atoms with Crippen molar-refractivity contribution in [1.82, 2.24) is 15.2 Å². The summed E-state index contributed by atoms with van der Waals surface area (Å²) in [6.07, 6.45) is 3.16. The van der Waals surface area contributed by atoms with E-state index in [0.717, 1.165) is 30.8 Å². The fourth-order valence-electron chi connectivity index (χ4n) is 2.78. The molecular formula is C12H19N3O3. The molecule has 0 amide bonds. The van der Waals surface area contributed by atoms with E-state index in [1.807, 2.05) is 18.7 Å². The molecule has 1 fully saturated rings. The van der Waals surface area contributed by atoms with Gasteiger partial charge in [-0.3, -0.25) is 9.69 Å². The molecule has 18 heavy (non-hydrogen) atoms. The molecule has 0 radical (unpaired) electrons. The van der Waals surface area contributed by atoms with Crippen molar-refractivity contribution in [3.8, 4) is 0 Å². The van der Waals surface area contributed by atoms with Gasteiger partial charge in [-0.15, -0.1) is 0 Å². The number of aromatic nitrogens is 2. The van der Waals surface area contributed by atoms with Crippen molar-refractivity contribution in [2.45, 2.75) is 51.6 Å². The molecule has 1 aromatic heterocycles. The largest absolute Gasteiger partial charge is 0.480 e. The van der Waals surface area contributed by atoms with E-state index in [-0.39, 0.29) is 0 Å². The van der Waals surface area contributed by atoms with Crippen LogP contribution >= 0.6 is 0 Å². The molecule has 0 bridgehead atoms. The Bertz CT molecular complexity index is 432. The Hall–Kier alpha value is -1.43. The summed E-state index contributed by atoms with van der Waals surface area (Å²) in [6.45, 7) is 5.13. The number of carboxylic acids is 1. The molecule has 2 rings (SSSR count). The van der Waals surface area contributed by atoms with Crippen molar-refractivity contribution >= 4 is 5.97 Å². The Balaban J connectivity index is 2.20. The van der Waals surface area contributed by atoms with Crippen LogP contribution in [0.2, 0.25) is 0 Å². The summed E-state index contributed by atoms with van der Waals surface area (Å²) in [4.78, 5) is 13.6. The van der Waals surface area contributed by atoms with Crippen LogP contribution in [0.5, 0.6) is 0 Å². The van der Waals surface area contributed by atoms with Crippen molar-refractivity contribution < 1.29 is 14.5 Å². The number of likely N-dealkylation sites (tertiary alicyclic amines) is 1. The Morgan fingerprint density at radius 2 is 2.33 bits per heavy atom. The molecule has 6 nitrogen and oxygen atoms in total. The zero-order valence-corrected chi connectivity index (χ0v) is 10.8. The fourth-order valence-corrected chi connectivity index (χ4v) is 2.78. The van der Waals surface area contributed by atoms with E-state index in [4.69, 9.17) is 0 Å². The quantitative estimate of drug-likeness (QED) is 0.858. The second-order valence-corrected chi connectivity index (χ2v) is 4.91. The van der Waals surface area contributed by atoms with Gasteiger partial charge in [0.25, 0.3) is 0 Å². The van der Waals surface area contributed by atoms with Gasteiger partial charge in [0, 0.05) is 6.54 Å². The maximum atomic E-state index is 11.6. The van der Waals surface area contributed by atoms with E-state index >= 15 is 0 Å². The lowest BCUT2D eigenvalue weighted by atomic mass is 9.90. The Labute approximate surface area is 106 Å². The molecule has 0 aromatic carbocycles. The van der Waals surface area contributed by atoms with E-state index in [2.05, 4.69) is 14.9 Å². The van der Waals surface area contributed by atoms with Gasteiger partial charge in [0.05, 0.1) is 0 Å². The summed E-state index contributed by atoms with van der Waals surface area (Å²) in [5, 5.41) is 17.1. The Kier molecular flexibility index (Phi) is 3.65. The van der Waals surface area contributed by atoms with E-state index < -0.39 is 11.5 Å². The number of aliphatic carboxylic acids is 1. The summed E-state index contributed by atoms with van der Waals surface area (Å²) < 4.78 is 4.67. The molecule has 1 aliphatic heterocycles. The van der Waals surface area contributed by atoms with Gasteiger partial charge in [-0.2, -0.15) is 0 Å². The maximum absolute atomic E-state index is 11.6. The van der Waals surface area contributed by atoms with Crippen LogP contribution in [0.15, 0.2) is 4.63 Å². The summed E-state index contributed by atoms with van der Waals surface area (Å²) in [7, 11) is 0. The number of carboxylic acid groups (broad SMARTS) is 1. The number of hydrogen-bond acceptors (Lipinski definition) is 5. The van der Waals surface area contributed by atoms with Crippen LogP contribution in [-0.2, 0) is 11.3 Å². The first-order chi connectivity index (χ1) is 8.60. The lowest BCUT2D eigenvalue weighted by Gasteiger charge is -2.34. The summed E-state index contributed by atoms with van der Waals surface area (Å²) in [5.74, 6) is -0.726. The normalized spacial score (nSPS) is 24.6. The number of rotatable bonds is 5. The molecule has 0 aliphatic carbocycles. The minimum absolute atomic E-state index is 0.502. The smallest absolute Gasteiger partial charge is 0.324 e. The molecule has 1 saturated heterocycles. The van der Waals surface area contributed by atoms with Crippen molar-refractivity contribution in [1.29, 1.82) is 0 Å².